The summed E-state index contributed by atoms with van der Waals surface area (Å²) in [5.74, 6) is -1.41. The highest BCUT2D eigenvalue weighted by Gasteiger charge is 2.20. The van der Waals surface area contributed by atoms with Gasteiger partial charge in [0.05, 0.1) is 11.9 Å². The van der Waals surface area contributed by atoms with Gasteiger partial charge in [-0.1, -0.05) is 0 Å². The van der Waals surface area contributed by atoms with Crippen molar-refractivity contribution in [1.82, 2.24) is 15.0 Å². The number of benzene rings is 1. The average Bonchev–Trinajstić information content (AvgIpc) is 3.11. The Morgan fingerprint density at radius 3 is 2.63 bits per heavy atom. The molecule has 0 fully saturated rings. The van der Waals surface area contributed by atoms with Crippen molar-refractivity contribution in [2.45, 2.75) is 0 Å². The standard InChI is InChI=1S/C19H13FN4O3/c1-24(13-3-2-8-21-10-13)17-16(11-4-6-12(20)7-5-11)22-14-9-15(19(25)26)27-18(14)23-17/h2-10H,1H3,(H,25,26). The summed E-state index contributed by atoms with van der Waals surface area (Å²) in [6.45, 7) is 0. The second kappa shape index (κ2) is 6.49. The largest absolute Gasteiger partial charge is 0.475 e. The summed E-state index contributed by atoms with van der Waals surface area (Å²) in [5.41, 5.74) is 2.25. The SMILES string of the molecule is CN(c1cccnc1)c1nc2oc(C(=O)O)cc2nc1-c1ccc(F)cc1. The van der Waals surface area contributed by atoms with Gasteiger partial charge in [0, 0.05) is 24.9 Å². The van der Waals surface area contributed by atoms with E-state index in [1.807, 2.05) is 6.07 Å². The Labute approximate surface area is 152 Å². The third kappa shape index (κ3) is 3.08. The summed E-state index contributed by atoms with van der Waals surface area (Å²) < 4.78 is 18.6. The van der Waals surface area contributed by atoms with Gasteiger partial charge in [-0.05, 0) is 36.4 Å². The summed E-state index contributed by atoms with van der Waals surface area (Å²) in [7, 11) is 1.78. The molecule has 0 radical (unpaired) electrons. The normalized spacial score (nSPS) is 10.9. The van der Waals surface area contributed by atoms with Gasteiger partial charge >= 0.3 is 5.97 Å². The van der Waals surface area contributed by atoms with Crippen LogP contribution in [0.1, 0.15) is 10.6 Å². The van der Waals surface area contributed by atoms with Gasteiger partial charge in [-0.2, -0.15) is 4.98 Å². The molecule has 7 nitrogen and oxygen atoms in total. The molecule has 0 amide bonds. The minimum atomic E-state index is -1.21. The third-order valence-corrected chi connectivity index (χ3v) is 4.02. The molecule has 0 unspecified atom stereocenters. The molecular weight excluding hydrogens is 351 g/mol. The minimum Gasteiger partial charge on any atom is -0.475 e. The van der Waals surface area contributed by atoms with Gasteiger partial charge in [0.25, 0.3) is 0 Å². The summed E-state index contributed by atoms with van der Waals surface area (Å²) in [4.78, 5) is 26.0. The van der Waals surface area contributed by atoms with E-state index in [-0.39, 0.29) is 17.3 Å². The first-order valence-electron chi connectivity index (χ1n) is 7.97. The zero-order valence-corrected chi connectivity index (χ0v) is 14.1. The smallest absolute Gasteiger partial charge is 0.371 e. The predicted molar refractivity (Wildman–Crippen MR) is 96.5 cm³/mol. The number of rotatable bonds is 4. The van der Waals surface area contributed by atoms with Crippen LogP contribution in [0.15, 0.2) is 59.3 Å². The highest BCUT2D eigenvalue weighted by atomic mass is 19.1. The Bertz CT molecular complexity index is 1130. The Morgan fingerprint density at radius 2 is 1.96 bits per heavy atom. The summed E-state index contributed by atoms with van der Waals surface area (Å²) in [6.07, 6.45) is 3.31. The van der Waals surface area contributed by atoms with Gasteiger partial charge in [-0.25, -0.2) is 14.2 Å². The van der Waals surface area contributed by atoms with Crippen LogP contribution in [0.5, 0.6) is 0 Å². The summed E-state index contributed by atoms with van der Waals surface area (Å²) in [5, 5.41) is 9.15. The van der Waals surface area contributed by atoms with Gasteiger partial charge in [-0.15, -0.1) is 0 Å². The predicted octanol–water partition coefficient (Wildman–Crippen LogP) is 3.89. The third-order valence-electron chi connectivity index (χ3n) is 4.02. The molecular formula is C19H13FN4O3. The molecule has 0 spiro atoms. The molecule has 3 heterocycles. The number of carboxylic acid groups (broad SMARTS) is 1. The van der Waals surface area contributed by atoms with E-state index in [0.717, 1.165) is 5.69 Å². The Morgan fingerprint density at radius 1 is 1.19 bits per heavy atom. The number of hydrogen-bond donors (Lipinski definition) is 1. The van der Waals surface area contributed by atoms with Gasteiger partial charge in [-0.3, -0.25) is 4.98 Å². The van der Waals surface area contributed by atoms with Crippen molar-refractivity contribution in [3.63, 3.8) is 0 Å². The molecule has 0 aliphatic rings. The molecule has 0 aliphatic heterocycles. The number of nitrogens with zero attached hydrogens (tertiary/aromatic N) is 4. The van der Waals surface area contributed by atoms with Crippen molar-refractivity contribution in [3.05, 3.63) is 66.4 Å². The maximum absolute atomic E-state index is 13.3. The quantitative estimate of drug-likeness (QED) is 0.587. The lowest BCUT2D eigenvalue weighted by Gasteiger charge is -2.20. The van der Waals surface area contributed by atoms with Crippen molar-refractivity contribution in [3.8, 4) is 11.3 Å². The first kappa shape index (κ1) is 16.6. The Hall–Kier alpha value is -3.81. The number of hydrogen-bond acceptors (Lipinski definition) is 6. The summed E-state index contributed by atoms with van der Waals surface area (Å²) >= 11 is 0. The number of aromatic carboxylic acids is 1. The van der Waals surface area contributed by atoms with Crippen molar-refractivity contribution < 1.29 is 18.7 Å². The summed E-state index contributed by atoms with van der Waals surface area (Å²) in [6, 6.07) is 10.8. The molecule has 27 heavy (non-hydrogen) atoms. The van der Waals surface area contributed by atoms with Crippen molar-refractivity contribution in [1.29, 1.82) is 0 Å². The monoisotopic (exact) mass is 364 g/mol. The van der Waals surface area contributed by atoms with Crippen molar-refractivity contribution >= 4 is 28.7 Å². The fourth-order valence-electron chi connectivity index (χ4n) is 2.67. The van der Waals surface area contributed by atoms with Crippen molar-refractivity contribution in [2.24, 2.45) is 0 Å². The van der Waals surface area contributed by atoms with E-state index in [4.69, 9.17) is 9.52 Å². The fourth-order valence-corrected chi connectivity index (χ4v) is 2.67. The highest BCUT2D eigenvalue weighted by Crippen LogP contribution is 2.33. The average molecular weight is 364 g/mol. The lowest BCUT2D eigenvalue weighted by atomic mass is 10.1. The van der Waals surface area contributed by atoms with Gasteiger partial charge < -0.3 is 14.4 Å². The maximum Gasteiger partial charge on any atom is 0.371 e. The molecule has 1 N–H and O–H groups in total. The van der Waals surface area contributed by atoms with E-state index in [1.54, 1.807) is 42.5 Å². The Kier molecular flexibility index (Phi) is 4.00. The molecule has 3 aromatic heterocycles. The van der Waals surface area contributed by atoms with Gasteiger partial charge in [0.2, 0.25) is 11.5 Å². The molecule has 0 saturated carbocycles. The second-order valence-corrected chi connectivity index (χ2v) is 5.78. The number of fused-ring (bicyclic) bond motifs is 1. The highest BCUT2D eigenvalue weighted by molar-refractivity contribution is 5.91. The van der Waals surface area contributed by atoms with Crippen LogP contribution in [0.2, 0.25) is 0 Å². The van der Waals surface area contributed by atoms with Crippen LogP contribution in [0.25, 0.3) is 22.5 Å². The number of carbonyl (C=O) groups is 1. The first-order valence-corrected chi connectivity index (χ1v) is 7.97. The van der Waals surface area contributed by atoms with Crippen LogP contribution in [0, 0.1) is 5.82 Å². The number of furan rings is 1. The van der Waals surface area contributed by atoms with Crippen LogP contribution in [0.4, 0.5) is 15.9 Å². The Balaban J connectivity index is 1.94. The molecule has 0 bridgehead atoms. The minimum absolute atomic E-state index is 0.101. The van der Waals surface area contributed by atoms with Crippen LogP contribution in [0.3, 0.4) is 0 Å². The van der Waals surface area contributed by atoms with E-state index < -0.39 is 5.97 Å². The number of carboxylic acids is 1. The molecule has 4 aromatic rings. The molecule has 4 rings (SSSR count). The van der Waals surface area contributed by atoms with Crippen molar-refractivity contribution in [2.75, 3.05) is 11.9 Å². The topological polar surface area (TPSA) is 92.4 Å². The van der Waals surface area contributed by atoms with Gasteiger partial charge in [0.15, 0.2) is 5.82 Å². The number of halogens is 1. The zero-order valence-electron chi connectivity index (χ0n) is 14.1. The van der Waals surface area contributed by atoms with Gasteiger partial charge in [0.1, 0.15) is 17.0 Å². The molecule has 1 aromatic carbocycles. The van der Waals surface area contributed by atoms with Crippen LogP contribution in [-0.4, -0.2) is 33.1 Å². The van der Waals surface area contributed by atoms with E-state index in [2.05, 4.69) is 15.0 Å². The number of anilines is 2. The second-order valence-electron chi connectivity index (χ2n) is 5.78. The van der Waals surface area contributed by atoms with Crippen LogP contribution >= 0.6 is 0 Å². The number of aromatic nitrogens is 3. The van der Waals surface area contributed by atoms with E-state index in [1.165, 1.54) is 18.2 Å². The first-order chi connectivity index (χ1) is 13.0. The molecule has 134 valence electrons. The maximum atomic E-state index is 13.3. The lowest BCUT2D eigenvalue weighted by Crippen LogP contribution is -2.13. The van der Waals surface area contributed by atoms with Crippen LogP contribution < -0.4 is 4.90 Å². The van der Waals surface area contributed by atoms with E-state index in [9.17, 15) is 9.18 Å². The molecule has 0 aliphatic carbocycles. The van der Waals surface area contributed by atoms with E-state index in [0.29, 0.717) is 22.6 Å². The number of pyridine rings is 1. The fraction of sp³-hybridized carbons (Fsp3) is 0.0526. The molecule has 0 atom stereocenters. The van der Waals surface area contributed by atoms with Crippen LogP contribution in [-0.2, 0) is 0 Å². The molecule has 8 heteroatoms. The molecule has 0 saturated heterocycles. The zero-order chi connectivity index (χ0) is 19.0. The lowest BCUT2D eigenvalue weighted by molar-refractivity contribution is 0.0664. The van der Waals surface area contributed by atoms with E-state index >= 15 is 0 Å².